The van der Waals surface area contributed by atoms with E-state index in [1.807, 2.05) is 36.4 Å². The zero-order valence-corrected chi connectivity index (χ0v) is 14.3. The van der Waals surface area contributed by atoms with E-state index in [2.05, 4.69) is 5.32 Å². The van der Waals surface area contributed by atoms with E-state index in [1.165, 1.54) is 13.2 Å². The second kappa shape index (κ2) is 8.20. The van der Waals surface area contributed by atoms with E-state index in [4.69, 9.17) is 13.9 Å². The fraction of sp³-hybridized carbons (Fsp3) is 0.200. The number of fused-ring (bicyclic) bond motifs is 1. The molecule has 0 saturated carbocycles. The number of esters is 1. The third kappa shape index (κ3) is 4.63. The third-order valence-corrected chi connectivity index (χ3v) is 3.77. The van der Waals surface area contributed by atoms with Crippen molar-refractivity contribution in [2.75, 3.05) is 6.61 Å². The monoisotopic (exact) mass is 353 g/mol. The van der Waals surface area contributed by atoms with Crippen molar-refractivity contribution < 1.29 is 23.5 Å². The summed E-state index contributed by atoms with van der Waals surface area (Å²) in [5, 5.41) is 4.74. The van der Waals surface area contributed by atoms with Crippen LogP contribution in [0.5, 0.6) is 5.75 Å². The summed E-state index contributed by atoms with van der Waals surface area (Å²) in [6.45, 7) is 1.47. The molecule has 0 aliphatic heterocycles. The van der Waals surface area contributed by atoms with Crippen LogP contribution in [0.4, 0.5) is 0 Å². The van der Waals surface area contributed by atoms with Crippen molar-refractivity contribution in [3.05, 3.63) is 66.6 Å². The Labute approximate surface area is 150 Å². The van der Waals surface area contributed by atoms with Gasteiger partial charge in [-0.05, 0) is 42.0 Å². The molecule has 2 aromatic carbocycles. The quantitative estimate of drug-likeness (QED) is 0.661. The van der Waals surface area contributed by atoms with Crippen molar-refractivity contribution in [3.8, 4) is 5.75 Å². The molecular weight excluding hydrogens is 334 g/mol. The lowest BCUT2D eigenvalue weighted by Gasteiger charge is -2.13. The first-order valence-corrected chi connectivity index (χ1v) is 8.23. The number of rotatable bonds is 7. The molecule has 1 aromatic heterocycles. The van der Waals surface area contributed by atoms with Gasteiger partial charge in [0.05, 0.1) is 12.8 Å². The first-order chi connectivity index (χ1) is 12.6. The highest BCUT2D eigenvalue weighted by molar-refractivity contribution is 5.84. The number of nitrogens with one attached hydrogen (secondary N) is 1. The predicted octanol–water partition coefficient (Wildman–Crippen LogP) is 3.06. The van der Waals surface area contributed by atoms with Gasteiger partial charge < -0.3 is 19.2 Å². The highest BCUT2D eigenvalue weighted by Gasteiger charge is 2.18. The molecule has 6 nitrogen and oxygen atoms in total. The summed E-state index contributed by atoms with van der Waals surface area (Å²) in [6, 6.07) is 16.9. The molecule has 134 valence electrons. The van der Waals surface area contributed by atoms with E-state index < -0.39 is 18.0 Å². The van der Waals surface area contributed by atoms with Crippen LogP contribution in [-0.2, 0) is 20.9 Å². The number of hydrogen-bond acceptors (Lipinski definition) is 5. The molecule has 0 radical (unpaired) electrons. The third-order valence-electron chi connectivity index (χ3n) is 3.77. The molecule has 1 heterocycles. The molecular formula is C20H19NO5. The first-order valence-electron chi connectivity index (χ1n) is 8.23. The molecule has 1 amide bonds. The lowest BCUT2D eigenvalue weighted by Crippen LogP contribution is -2.36. The summed E-state index contributed by atoms with van der Waals surface area (Å²) < 4.78 is 15.7. The fourth-order valence-electron chi connectivity index (χ4n) is 2.42. The van der Waals surface area contributed by atoms with Gasteiger partial charge in [-0.25, -0.2) is 4.79 Å². The van der Waals surface area contributed by atoms with Crippen LogP contribution in [0.2, 0.25) is 0 Å². The van der Waals surface area contributed by atoms with Crippen LogP contribution in [0.25, 0.3) is 10.8 Å². The average Bonchev–Trinajstić information content (AvgIpc) is 3.17. The minimum Gasteiger partial charge on any atom is -0.482 e. The van der Waals surface area contributed by atoms with Gasteiger partial charge in [-0.3, -0.25) is 4.79 Å². The first kappa shape index (κ1) is 17.5. The van der Waals surface area contributed by atoms with E-state index in [-0.39, 0.29) is 13.2 Å². The Morgan fingerprint density at radius 3 is 2.65 bits per heavy atom. The number of ether oxygens (including phenoxy) is 2. The average molecular weight is 353 g/mol. The molecule has 6 heteroatoms. The normalized spacial score (nSPS) is 11.7. The number of carbonyl (C=O) groups excluding carboxylic acids is 2. The molecule has 0 unspecified atom stereocenters. The molecule has 0 spiro atoms. The molecule has 0 saturated heterocycles. The maximum Gasteiger partial charge on any atom is 0.344 e. The Hall–Kier alpha value is -3.28. The van der Waals surface area contributed by atoms with E-state index in [0.717, 1.165) is 10.8 Å². The Balaban J connectivity index is 1.45. The maximum atomic E-state index is 11.9. The number of carbonyl (C=O) groups is 2. The van der Waals surface area contributed by atoms with Crippen LogP contribution >= 0.6 is 0 Å². The van der Waals surface area contributed by atoms with Crippen molar-refractivity contribution in [1.29, 1.82) is 0 Å². The summed E-state index contributed by atoms with van der Waals surface area (Å²) in [5.41, 5.74) is 0. The van der Waals surface area contributed by atoms with Gasteiger partial charge in [0, 0.05) is 0 Å². The molecule has 3 rings (SSSR count). The van der Waals surface area contributed by atoms with Crippen LogP contribution < -0.4 is 10.1 Å². The molecule has 0 aliphatic carbocycles. The van der Waals surface area contributed by atoms with E-state index >= 15 is 0 Å². The van der Waals surface area contributed by atoms with Crippen LogP contribution in [-0.4, -0.2) is 24.6 Å². The molecule has 0 bridgehead atoms. The van der Waals surface area contributed by atoms with Crippen molar-refractivity contribution in [2.24, 2.45) is 0 Å². The molecule has 1 atom stereocenters. The van der Waals surface area contributed by atoms with E-state index in [0.29, 0.717) is 11.5 Å². The molecule has 0 fully saturated rings. The van der Waals surface area contributed by atoms with Crippen molar-refractivity contribution in [2.45, 2.75) is 19.6 Å². The highest BCUT2D eigenvalue weighted by Crippen LogP contribution is 2.20. The number of hydrogen-bond donors (Lipinski definition) is 1. The summed E-state index contributed by atoms with van der Waals surface area (Å²) >= 11 is 0. The smallest absolute Gasteiger partial charge is 0.344 e. The fourth-order valence-corrected chi connectivity index (χ4v) is 2.42. The SMILES string of the molecule is C[C@@H](OC(=O)COc1ccc2ccccc2c1)C(=O)NCc1ccco1. The minimum absolute atomic E-state index is 0.237. The predicted molar refractivity (Wildman–Crippen MR) is 95.6 cm³/mol. The second-order valence-corrected chi connectivity index (χ2v) is 5.73. The Morgan fingerprint density at radius 1 is 1.08 bits per heavy atom. The van der Waals surface area contributed by atoms with Gasteiger partial charge in [0.1, 0.15) is 11.5 Å². The minimum atomic E-state index is -0.919. The standard InChI is InChI=1S/C20H19NO5/c1-14(20(23)21-12-18-7-4-10-24-18)26-19(22)13-25-17-9-8-15-5-2-3-6-16(15)11-17/h2-11,14H,12-13H2,1H3,(H,21,23)/t14-/m1/s1. The van der Waals surface area contributed by atoms with Gasteiger partial charge in [0.15, 0.2) is 12.7 Å². The number of amides is 1. The van der Waals surface area contributed by atoms with Gasteiger partial charge in [0.2, 0.25) is 0 Å². The zero-order valence-electron chi connectivity index (χ0n) is 14.3. The lowest BCUT2D eigenvalue weighted by atomic mass is 10.1. The summed E-state index contributed by atoms with van der Waals surface area (Å²) in [6.07, 6.45) is 0.604. The molecule has 0 aliphatic rings. The van der Waals surface area contributed by atoms with Gasteiger partial charge in [-0.2, -0.15) is 0 Å². The molecule has 26 heavy (non-hydrogen) atoms. The lowest BCUT2D eigenvalue weighted by molar-refractivity contribution is -0.156. The molecule has 3 aromatic rings. The van der Waals surface area contributed by atoms with Crippen LogP contribution in [0.3, 0.4) is 0 Å². The van der Waals surface area contributed by atoms with Crippen LogP contribution in [0.15, 0.2) is 65.3 Å². The van der Waals surface area contributed by atoms with Gasteiger partial charge in [-0.1, -0.05) is 30.3 Å². The topological polar surface area (TPSA) is 77.8 Å². The largest absolute Gasteiger partial charge is 0.482 e. The van der Waals surface area contributed by atoms with Crippen molar-refractivity contribution >= 4 is 22.6 Å². The summed E-state index contributed by atoms with van der Waals surface area (Å²) in [5.74, 6) is 0.173. The maximum absolute atomic E-state index is 11.9. The Morgan fingerprint density at radius 2 is 1.88 bits per heavy atom. The van der Waals surface area contributed by atoms with E-state index in [9.17, 15) is 9.59 Å². The summed E-state index contributed by atoms with van der Waals surface area (Å²) in [4.78, 5) is 23.8. The zero-order chi connectivity index (χ0) is 18.4. The second-order valence-electron chi connectivity index (χ2n) is 5.73. The number of benzene rings is 2. The van der Waals surface area contributed by atoms with Crippen LogP contribution in [0.1, 0.15) is 12.7 Å². The van der Waals surface area contributed by atoms with Crippen molar-refractivity contribution in [3.63, 3.8) is 0 Å². The Bertz CT molecular complexity index is 888. The van der Waals surface area contributed by atoms with Crippen molar-refractivity contribution in [1.82, 2.24) is 5.32 Å². The Kier molecular flexibility index (Phi) is 5.53. The van der Waals surface area contributed by atoms with E-state index in [1.54, 1.807) is 18.2 Å². The van der Waals surface area contributed by atoms with Crippen LogP contribution in [0, 0.1) is 0 Å². The number of furan rings is 1. The van der Waals surface area contributed by atoms with Gasteiger partial charge in [0.25, 0.3) is 5.91 Å². The molecule has 1 N–H and O–H groups in total. The summed E-state index contributed by atoms with van der Waals surface area (Å²) in [7, 11) is 0. The van der Waals surface area contributed by atoms with Gasteiger partial charge in [-0.15, -0.1) is 0 Å². The van der Waals surface area contributed by atoms with Gasteiger partial charge >= 0.3 is 5.97 Å². The highest BCUT2D eigenvalue weighted by atomic mass is 16.6.